The number of nitrogens with one attached hydrogen (secondary N) is 1. The molecular formula is C19H20F2N2O5. The summed E-state index contributed by atoms with van der Waals surface area (Å²) in [5.41, 5.74) is -0.740. The lowest BCUT2D eigenvalue weighted by molar-refractivity contribution is -0.384. The molecule has 0 saturated heterocycles. The maximum absolute atomic E-state index is 13.4. The third-order valence-corrected chi connectivity index (χ3v) is 3.61. The Morgan fingerprint density at radius 1 is 1.04 bits per heavy atom. The number of nitro benzene ring substituents is 1. The second-order valence-corrected chi connectivity index (χ2v) is 5.85. The van der Waals surface area contributed by atoms with Crippen molar-refractivity contribution in [2.24, 2.45) is 0 Å². The smallest absolute Gasteiger partial charge is 0.296 e. The van der Waals surface area contributed by atoms with E-state index < -0.39 is 28.2 Å². The number of halogens is 2. The lowest BCUT2D eigenvalue weighted by Gasteiger charge is -2.14. The first-order chi connectivity index (χ1) is 13.4. The number of hydrogen-bond donors (Lipinski definition) is 1. The Morgan fingerprint density at radius 2 is 1.64 bits per heavy atom. The van der Waals surface area contributed by atoms with Crippen molar-refractivity contribution in [2.45, 2.75) is 26.7 Å². The highest BCUT2D eigenvalue weighted by Crippen LogP contribution is 2.38. The fraction of sp³-hybridized carbons (Fsp3) is 0.316. The van der Waals surface area contributed by atoms with Crippen LogP contribution in [-0.4, -0.2) is 24.0 Å². The van der Waals surface area contributed by atoms with Crippen LogP contribution in [0.2, 0.25) is 0 Å². The van der Waals surface area contributed by atoms with Gasteiger partial charge in [-0.05, 0) is 31.0 Å². The fourth-order valence-corrected chi connectivity index (χ4v) is 2.28. The van der Waals surface area contributed by atoms with Crippen molar-refractivity contribution in [3.63, 3.8) is 0 Å². The molecule has 0 aromatic heterocycles. The standard InChI is InChI=1S/C19H20F2N2O5/c1-3-7-27-17-10-15(16(23(25)26)11-18(17)28-8-4-2)22-19(24)12-5-6-13(20)14(21)9-12/h5-6,9-11H,3-4,7-8H2,1-2H3,(H,22,24). The van der Waals surface area contributed by atoms with Crippen molar-refractivity contribution in [2.75, 3.05) is 18.5 Å². The maximum Gasteiger partial charge on any atom is 0.296 e. The number of benzene rings is 2. The number of carbonyl (C=O) groups is 1. The summed E-state index contributed by atoms with van der Waals surface area (Å²) < 4.78 is 37.5. The van der Waals surface area contributed by atoms with Gasteiger partial charge >= 0.3 is 0 Å². The van der Waals surface area contributed by atoms with Crippen molar-refractivity contribution in [1.29, 1.82) is 0 Å². The van der Waals surface area contributed by atoms with Crippen LogP contribution in [-0.2, 0) is 0 Å². The molecule has 150 valence electrons. The van der Waals surface area contributed by atoms with E-state index in [0.717, 1.165) is 12.1 Å². The molecule has 2 aromatic carbocycles. The largest absolute Gasteiger partial charge is 0.490 e. The minimum atomic E-state index is -1.20. The third-order valence-electron chi connectivity index (χ3n) is 3.61. The molecule has 1 N–H and O–H groups in total. The summed E-state index contributed by atoms with van der Waals surface area (Å²) in [6, 6.07) is 5.05. The SMILES string of the molecule is CCCOc1cc(NC(=O)c2ccc(F)c(F)c2)c([N+](=O)[O-])cc1OCCC. The van der Waals surface area contributed by atoms with Gasteiger partial charge in [0.2, 0.25) is 0 Å². The van der Waals surface area contributed by atoms with E-state index in [2.05, 4.69) is 5.32 Å². The van der Waals surface area contributed by atoms with Crippen LogP contribution < -0.4 is 14.8 Å². The average molecular weight is 394 g/mol. The Bertz CT molecular complexity index is 874. The van der Waals surface area contributed by atoms with E-state index >= 15 is 0 Å². The summed E-state index contributed by atoms with van der Waals surface area (Å²) in [6.07, 6.45) is 1.39. The van der Waals surface area contributed by atoms with Gasteiger partial charge in [0.05, 0.1) is 24.2 Å². The van der Waals surface area contributed by atoms with Crippen LogP contribution in [0, 0.1) is 21.7 Å². The minimum absolute atomic E-state index is 0.144. The summed E-state index contributed by atoms with van der Waals surface area (Å²) in [4.78, 5) is 23.1. The number of nitro groups is 1. The number of rotatable bonds is 9. The predicted molar refractivity (Wildman–Crippen MR) is 99.0 cm³/mol. The van der Waals surface area contributed by atoms with Crippen molar-refractivity contribution in [3.05, 3.63) is 57.6 Å². The molecule has 0 spiro atoms. The number of nitrogens with zero attached hydrogens (tertiary/aromatic N) is 1. The molecule has 9 heteroatoms. The van der Waals surface area contributed by atoms with Crippen molar-refractivity contribution in [3.8, 4) is 11.5 Å². The van der Waals surface area contributed by atoms with E-state index in [-0.39, 0.29) is 22.7 Å². The van der Waals surface area contributed by atoms with Crippen LogP contribution in [0.1, 0.15) is 37.0 Å². The molecule has 0 atom stereocenters. The molecule has 0 heterocycles. The normalized spacial score (nSPS) is 10.4. The minimum Gasteiger partial charge on any atom is -0.490 e. The van der Waals surface area contributed by atoms with Crippen LogP contribution in [0.25, 0.3) is 0 Å². The van der Waals surface area contributed by atoms with Gasteiger partial charge in [-0.2, -0.15) is 0 Å². The molecule has 2 aromatic rings. The number of ether oxygens (including phenoxy) is 2. The van der Waals surface area contributed by atoms with E-state index in [0.29, 0.717) is 32.1 Å². The van der Waals surface area contributed by atoms with Crippen molar-refractivity contribution >= 4 is 17.3 Å². The monoisotopic (exact) mass is 394 g/mol. The van der Waals surface area contributed by atoms with E-state index in [1.54, 1.807) is 0 Å². The zero-order chi connectivity index (χ0) is 20.7. The van der Waals surface area contributed by atoms with Gasteiger partial charge in [0.15, 0.2) is 23.1 Å². The summed E-state index contributed by atoms with van der Waals surface area (Å²) in [6.45, 7) is 4.46. The first-order valence-corrected chi connectivity index (χ1v) is 8.71. The number of carbonyl (C=O) groups excluding carboxylic acids is 1. The van der Waals surface area contributed by atoms with Gasteiger partial charge in [0.25, 0.3) is 11.6 Å². The molecule has 1 amide bonds. The zero-order valence-corrected chi connectivity index (χ0v) is 15.5. The molecule has 7 nitrogen and oxygen atoms in total. The lowest BCUT2D eigenvalue weighted by atomic mass is 10.1. The molecule has 0 fully saturated rings. The predicted octanol–water partition coefficient (Wildman–Crippen LogP) is 4.70. The van der Waals surface area contributed by atoms with E-state index in [1.165, 1.54) is 12.1 Å². The first kappa shape index (κ1) is 21.1. The Balaban J connectivity index is 2.40. The molecule has 2 rings (SSSR count). The summed E-state index contributed by atoms with van der Waals surface area (Å²) >= 11 is 0. The Morgan fingerprint density at radius 3 is 2.18 bits per heavy atom. The van der Waals surface area contributed by atoms with Crippen LogP contribution in [0.4, 0.5) is 20.2 Å². The highest BCUT2D eigenvalue weighted by molar-refractivity contribution is 6.05. The summed E-state index contributed by atoms with van der Waals surface area (Å²) in [5.74, 6) is -2.70. The second kappa shape index (κ2) is 9.63. The zero-order valence-electron chi connectivity index (χ0n) is 15.5. The first-order valence-electron chi connectivity index (χ1n) is 8.71. The Hall–Kier alpha value is -3.23. The third kappa shape index (κ3) is 5.15. The topological polar surface area (TPSA) is 90.7 Å². The highest BCUT2D eigenvalue weighted by atomic mass is 19.2. The van der Waals surface area contributed by atoms with Gasteiger partial charge in [-0.1, -0.05) is 13.8 Å². The fourth-order valence-electron chi connectivity index (χ4n) is 2.28. The van der Waals surface area contributed by atoms with E-state index in [1.807, 2.05) is 13.8 Å². The van der Waals surface area contributed by atoms with E-state index in [4.69, 9.17) is 9.47 Å². The van der Waals surface area contributed by atoms with Crippen LogP contribution in [0.15, 0.2) is 30.3 Å². The quantitative estimate of drug-likeness (QED) is 0.492. The molecule has 0 unspecified atom stereocenters. The molecular weight excluding hydrogens is 374 g/mol. The van der Waals surface area contributed by atoms with E-state index in [9.17, 15) is 23.7 Å². The molecule has 28 heavy (non-hydrogen) atoms. The Kier molecular flexibility index (Phi) is 7.25. The number of amides is 1. The Labute approximate surface area is 160 Å². The van der Waals surface area contributed by atoms with Crippen molar-refractivity contribution < 1.29 is 28.0 Å². The van der Waals surface area contributed by atoms with Crippen LogP contribution >= 0.6 is 0 Å². The number of anilines is 1. The summed E-state index contributed by atoms with van der Waals surface area (Å²) in [5, 5.41) is 13.8. The number of hydrogen-bond acceptors (Lipinski definition) is 5. The van der Waals surface area contributed by atoms with Gasteiger partial charge in [-0.15, -0.1) is 0 Å². The lowest BCUT2D eigenvalue weighted by Crippen LogP contribution is -2.14. The summed E-state index contributed by atoms with van der Waals surface area (Å²) in [7, 11) is 0. The van der Waals surface area contributed by atoms with Gasteiger partial charge < -0.3 is 14.8 Å². The molecule has 0 aliphatic carbocycles. The maximum atomic E-state index is 13.4. The van der Waals surface area contributed by atoms with Crippen LogP contribution in [0.5, 0.6) is 11.5 Å². The highest BCUT2D eigenvalue weighted by Gasteiger charge is 2.22. The molecule has 0 saturated carbocycles. The molecule has 0 radical (unpaired) electrons. The second-order valence-electron chi connectivity index (χ2n) is 5.85. The molecule has 0 aliphatic heterocycles. The molecule has 0 aliphatic rings. The van der Waals surface area contributed by atoms with Crippen molar-refractivity contribution in [1.82, 2.24) is 0 Å². The molecule has 0 bridgehead atoms. The van der Waals surface area contributed by atoms with Gasteiger partial charge in [0.1, 0.15) is 5.69 Å². The average Bonchev–Trinajstić information content (AvgIpc) is 2.67. The van der Waals surface area contributed by atoms with Gasteiger partial charge in [-0.25, -0.2) is 8.78 Å². The van der Waals surface area contributed by atoms with Gasteiger partial charge in [-0.3, -0.25) is 14.9 Å². The van der Waals surface area contributed by atoms with Crippen LogP contribution in [0.3, 0.4) is 0 Å². The van der Waals surface area contributed by atoms with Gasteiger partial charge in [0, 0.05) is 11.6 Å².